The van der Waals surface area contributed by atoms with Gasteiger partial charge < -0.3 is 10.1 Å². The summed E-state index contributed by atoms with van der Waals surface area (Å²) in [5.74, 6) is -0.943. The minimum absolute atomic E-state index is 0.318. The Labute approximate surface area is 122 Å². The molecule has 0 saturated heterocycles. The lowest BCUT2D eigenvalue weighted by Gasteiger charge is -2.07. The van der Waals surface area contributed by atoms with E-state index in [0.29, 0.717) is 11.3 Å². The van der Waals surface area contributed by atoms with Crippen molar-refractivity contribution >= 4 is 17.6 Å². The standard InChI is InChI=1S/C15H17N3O3/c1-3-11-5-4-6-13(7-11)17-14(19)10-21-15(20)12-8-16-18(2)9-12/h4-9H,3,10H2,1-2H3,(H,17,19). The van der Waals surface area contributed by atoms with E-state index in [1.165, 1.54) is 17.1 Å². The second kappa shape index (κ2) is 6.69. The van der Waals surface area contributed by atoms with Crippen LogP contribution in [0.4, 0.5) is 5.69 Å². The lowest BCUT2D eigenvalue weighted by Crippen LogP contribution is -2.20. The lowest BCUT2D eigenvalue weighted by atomic mass is 10.1. The maximum absolute atomic E-state index is 11.7. The molecule has 6 nitrogen and oxygen atoms in total. The number of aryl methyl sites for hydroxylation is 2. The first-order valence-corrected chi connectivity index (χ1v) is 6.63. The summed E-state index contributed by atoms with van der Waals surface area (Å²) in [6, 6.07) is 7.54. The van der Waals surface area contributed by atoms with E-state index in [9.17, 15) is 9.59 Å². The molecule has 0 unspecified atom stereocenters. The number of ether oxygens (including phenoxy) is 1. The molecule has 0 radical (unpaired) electrons. The Bertz CT molecular complexity index is 649. The Morgan fingerprint density at radius 3 is 2.86 bits per heavy atom. The van der Waals surface area contributed by atoms with Gasteiger partial charge in [0.25, 0.3) is 5.91 Å². The Hall–Kier alpha value is -2.63. The number of carbonyl (C=O) groups is 2. The Balaban J connectivity index is 1.85. The van der Waals surface area contributed by atoms with Crippen LogP contribution in [0.25, 0.3) is 0 Å². The first-order chi connectivity index (χ1) is 10.1. The molecule has 1 aromatic heterocycles. The zero-order valence-electron chi connectivity index (χ0n) is 12.0. The fraction of sp³-hybridized carbons (Fsp3) is 0.267. The third-order valence-electron chi connectivity index (χ3n) is 2.89. The molecule has 2 aromatic rings. The van der Waals surface area contributed by atoms with Gasteiger partial charge in [-0.15, -0.1) is 0 Å². The minimum atomic E-state index is -0.569. The molecule has 0 atom stereocenters. The number of anilines is 1. The van der Waals surface area contributed by atoms with E-state index in [1.807, 2.05) is 25.1 Å². The topological polar surface area (TPSA) is 73.2 Å². The smallest absolute Gasteiger partial charge is 0.341 e. The molecule has 6 heteroatoms. The number of nitrogens with zero attached hydrogens (tertiary/aromatic N) is 2. The van der Waals surface area contributed by atoms with Crippen molar-refractivity contribution in [3.63, 3.8) is 0 Å². The van der Waals surface area contributed by atoms with Crippen molar-refractivity contribution in [1.82, 2.24) is 9.78 Å². The zero-order valence-corrected chi connectivity index (χ0v) is 12.0. The molecule has 0 spiro atoms. The molecule has 110 valence electrons. The van der Waals surface area contributed by atoms with Gasteiger partial charge in [0.2, 0.25) is 0 Å². The molecule has 1 N–H and O–H groups in total. The molecule has 0 aliphatic heterocycles. The van der Waals surface area contributed by atoms with Gasteiger partial charge in [0.15, 0.2) is 6.61 Å². The predicted molar refractivity (Wildman–Crippen MR) is 77.9 cm³/mol. The summed E-state index contributed by atoms with van der Waals surface area (Å²) in [6.45, 7) is 1.71. The van der Waals surface area contributed by atoms with Crippen LogP contribution in [0.5, 0.6) is 0 Å². The van der Waals surface area contributed by atoms with E-state index >= 15 is 0 Å². The van der Waals surface area contributed by atoms with Crippen molar-refractivity contribution in [2.75, 3.05) is 11.9 Å². The molecule has 0 aliphatic carbocycles. The van der Waals surface area contributed by atoms with Gasteiger partial charge in [-0.05, 0) is 24.1 Å². The molecule has 2 rings (SSSR count). The summed E-state index contributed by atoms with van der Waals surface area (Å²) in [5.41, 5.74) is 2.13. The van der Waals surface area contributed by atoms with E-state index in [1.54, 1.807) is 13.1 Å². The van der Waals surface area contributed by atoms with E-state index in [0.717, 1.165) is 12.0 Å². The largest absolute Gasteiger partial charge is 0.452 e. The summed E-state index contributed by atoms with van der Waals surface area (Å²) >= 11 is 0. The Kier molecular flexibility index (Phi) is 4.71. The van der Waals surface area contributed by atoms with Gasteiger partial charge in [-0.2, -0.15) is 5.10 Å². The van der Waals surface area contributed by atoms with Crippen molar-refractivity contribution in [2.45, 2.75) is 13.3 Å². The molecular weight excluding hydrogens is 270 g/mol. The summed E-state index contributed by atoms with van der Waals surface area (Å²) in [6.07, 6.45) is 3.82. The predicted octanol–water partition coefficient (Wildman–Crippen LogP) is 1.78. The molecule has 1 aromatic carbocycles. The highest BCUT2D eigenvalue weighted by molar-refractivity contribution is 5.95. The minimum Gasteiger partial charge on any atom is -0.452 e. The number of amides is 1. The van der Waals surface area contributed by atoms with Gasteiger partial charge in [0, 0.05) is 18.9 Å². The monoisotopic (exact) mass is 287 g/mol. The van der Waals surface area contributed by atoms with Crippen LogP contribution in [0.1, 0.15) is 22.8 Å². The van der Waals surface area contributed by atoms with Gasteiger partial charge in [0.05, 0.1) is 11.8 Å². The van der Waals surface area contributed by atoms with Crippen LogP contribution in [0.15, 0.2) is 36.7 Å². The maximum atomic E-state index is 11.7. The Morgan fingerprint density at radius 2 is 2.19 bits per heavy atom. The first-order valence-electron chi connectivity index (χ1n) is 6.63. The SMILES string of the molecule is CCc1cccc(NC(=O)COC(=O)c2cnn(C)c2)c1. The third kappa shape index (κ3) is 4.17. The molecule has 1 heterocycles. The number of hydrogen-bond donors (Lipinski definition) is 1. The van der Waals surface area contributed by atoms with Gasteiger partial charge in [0.1, 0.15) is 0 Å². The molecular formula is C15H17N3O3. The normalized spacial score (nSPS) is 10.2. The van der Waals surface area contributed by atoms with Crippen LogP contribution in [-0.2, 0) is 23.0 Å². The molecule has 1 amide bonds. The van der Waals surface area contributed by atoms with E-state index in [-0.39, 0.29) is 12.5 Å². The fourth-order valence-electron chi connectivity index (χ4n) is 1.81. The molecule has 0 bridgehead atoms. The first kappa shape index (κ1) is 14.8. The van der Waals surface area contributed by atoms with Crippen LogP contribution >= 0.6 is 0 Å². The van der Waals surface area contributed by atoms with Crippen LogP contribution < -0.4 is 5.32 Å². The number of rotatable bonds is 5. The van der Waals surface area contributed by atoms with E-state index in [2.05, 4.69) is 10.4 Å². The van der Waals surface area contributed by atoms with Gasteiger partial charge >= 0.3 is 5.97 Å². The average molecular weight is 287 g/mol. The van der Waals surface area contributed by atoms with Crippen molar-refractivity contribution in [1.29, 1.82) is 0 Å². The van der Waals surface area contributed by atoms with Crippen molar-refractivity contribution in [2.24, 2.45) is 7.05 Å². The molecule has 0 saturated carbocycles. The average Bonchev–Trinajstić information content (AvgIpc) is 2.91. The van der Waals surface area contributed by atoms with Gasteiger partial charge in [-0.25, -0.2) is 4.79 Å². The number of esters is 1. The van der Waals surface area contributed by atoms with E-state index < -0.39 is 5.97 Å². The highest BCUT2D eigenvalue weighted by Gasteiger charge is 2.12. The summed E-state index contributed by atoms with van der Waals surface area (Å²) in [7, 11) is 1.70. The highest BCUT2D eigenvalue weighted by atomic mass is 16.5. The van der Waals surface area contributed by atoms with Crippen molar-refractivity contribution in [3.8, 4) is 0 Å². The second-order valence-corrected chi connectivity index (χ2v) is 4.58. The summed E-state index contributed by atoms with van der Waals surface area (Å²) < 4.78 is 6.42. The van der Waals surface area contributed by atoms with Crippen LogP contribution in [-0.4, -0.2) is 28.3 Å². The van der Waals surface area contributed by atoms with Crippen molar-refractivity contribution < 1.29 is 14.3 Å². The number of benzene rings is 1. The summed E-state index contributed by atoms with van der Waals surface area (Å²) in [5, 5.41) is 6.56. The second-order valence-electron chi connectivity index (χ2n) is 4.58. The molecule has 21 heavy (non-hydrogen) atoms. The Morgan fingerprint density at radius 1 is 1.38 bits per heavy atom. The number of carbonyl (C=O) groups excluding carboxylic acids is 2. The van der Waals surface area contributed by atoms with E-state index in [4.69, 9.17) is 4.74 Å². The number of hydrogen-bond acceptors (Lipinski definition) is 4. The highest BCUT2D eigenvalue weighted by Crippen LogP contribution is 2.11. The summed E-state index contributed by atoms with van der Waals surface area (Å²) in [4.78, 5) is 23.4. The lowest BCUT2D eigenvalue weighted by molar-refractivity contribution is -0.119. The van der Waals surface area contributed by atoms with Crippen LogP contribution in [0, 0.1) is 0 Å². The van der Waals surface area contributed by atoms with Crippen molar-refractivity contribution in [3.05, 3.63) is 47.8 Å². The zero-order chi connectivity index (χ0) is 15.2. The number of aromatic nitrogens is 2. The third-order valence-corrected chi connectivity index (χ3v) is 2.89. The van der Waals surface area contributed by atoms with Gasteiger partial charge in [-0.3, -0.25) is 9.48 Å². The quantitative estimate of drug-likeness (QED) is 0.851. The maximum Gasteiger partial charge on any atom is 0.341 e. The number of nitrogens with one attached hydrogen (secondary N) is 1. The van der Waals surface area contributed by atoms with Gasteiger partial charge in [-0.1, -0.05) is 19.1 Å². The van der Waals surface area contributed by atoms with Crippen LogP contribution in [0.3, 0.4) is 0 Å². The molecule has 0 fully saturated rings. The van der Waals surface area contributed by atoms with Crippen LogP contribution in [0.2, 0.25) is 0 Å². The fourth-order valence-corrected chi connectivity index (χ4v) is 1.81. The molecule has 0 aliphatic rings.